The average Bonchev–Trinajstić information content (AvgIpc) is 2.47. The number of carboxylic acid groups (broad SMARTS) is 1. The zero-order valence-electron chi connectivity index (χ0n) is 11.3. The van der Waals surface area contributed by atoms with Gasteiger partial charge in [0.1, 0.15) is 17.2 Å². The number of aliphatic hydroxyl groups is 1. The van der Waals surface area contributed by atoms with Crippen LogP contribution >= 0.6 is 0 Å². The first-order valence-electron chi connectivity index (χ1n) is 6.54. The Hall–Kier alpha value is -2.53. The third-order valence-electron chi connectivity index (χ3n) is 3.02. The van der Waals surface area contributed by atoms with Crippen LogP contribution in [0.2, 0.25) is 0 Å². The summed E-state index contributed by atoms with van der Waals surface area (Å²) in [5, 5.41) is 27.6. The average molecular weight is 288 g/mol. The molecule has 0 radical (unpaired) electrons. The van der Waals surface area contributed by atoms with Crippen LogP contribution in [0, 0.1) is 0 Å². The number of phenols is 1. The lowest BCUT2D eigenvalue weighted by Gasteiger charge is -2.12. The largest absolute Gasteiger partial charge is 0.508 e. The Morgan fingerprint density at radius 1 is 1.10 bits per heavy atom. The van der Waals surface area contributed by atoms with Crippen LogP contribution in [0.5, 0.6) is 17.2 Å². The van der Waals surface area contributed by atoms with E-state index in [-0.39, 0.29) is 17.9 Å². The number of carbonyl (C=O) groups is 1. The molecule has 0 saturated heterocycles. The van der Waals surface area contributed by atoms with Crippen molar-refractivity contribution < 1.29 is 24.9 Å². The number of ether oxygens (including phenoxy) is 1. The fraction of sp³-hybridized carbons (Fsp3) is 0.188. The van der Waals surface area contributed by atoms with E-state index >= 15 is 0 Å². The highest BCUT2D eigenvalue weighted by Crippen LogP contribution is 2.32. The number of carboxylic acids is 1. The van der Waals surface area contributed by atoms with Crippen molar-refractivity contribution in [3.63, 3.8) is 0 Å². The number of rotatable bonds is 6. The molecule has 0 atom stereocenters. The molecule has 0 unspecified atom stereocenters. The lowest BCUT2D eigenvalue weighted by atomic mass is 10.1. The van der Waals surface area contributed by atoms with E-state index in [4.69, 9.17) is 14.9 Å². The summed E-state index contributed by atoms with van der Waals surface area (Å²) in [4.78, 5) is 10.8. The molecule has 0 aliphatic rings. The molecule has 0 aliphatic carbocycles. The lowest BCUT2D eigenvalue weighted by Crippen LogP contribution is -1.97. The number of aromatic hydroxyl groups is 1. The molecule has 3 N–H and O–H groups in total. The molecule has 0 spiro atoms. The number of aliphatic hydroxyl groups excluding tert-OH is 1. The summed E-state index contributed by atoms with van der Waals surface area (Å²) in [6.07, 6.45) is 1.01. The van der Waals surface area contributed by atoms with Crippen molar-refractivity contribution in [1.82, 2.24) is 0 Å². The summed E-state index contributed by atoms with van der Waals surface area (Å²) in [6.45, 7) is 0.0289. The zero-order valence-corrected chi connectivity index (χ0v) is 11.3. The zero-order chi connectivity index (χ0) is 15.2. The molecule has 5 nitrogen and oxygen atoms in total. The standard InChI is InChI=1S/C16H16O5/c17-10-2-3-13-14(18)4-1-5-15(13)21-12-8-6-11(7-9-12)16(19)20/h1,4-9,17-18H,2-3,10H2,(H,19,20). The number of benzene rings is 2. The molecule has 110 valence electrons. The van der Waals surface area contributed by atoms with Crippen LogP contribution in [-0.4, -0.2) is 27.9 Å². The van der Waals surface area contributed by atoms with Crippen molar-refractivity contribution in [1.29, 1.82) is 0 Å². The number of hydrogen-bond acceptors (Lipinski definition) is 4. The van der Waals surface area contributed by atoms with Crippen LogP contribution in [0.25, 0.3) is 0 Å². The van der Waals surface area contributed by atoms with Gasteiger partial charge in [0.25, 0.3) is 0 Å². The maximum absolute atomic E-state index is 10.8. The number of hydrogen-bond donors (Lipinski definition) is 3. The Morgan fingerprint density at radius 3 is 2.43 bits per heavy atom. The van der Waals surface area contributed by atoms with Crippen molar-refractivity contribution in [3.05, 3.63) is 53.6 Å². The summed E-state index contributed by atoms with van der Waals surface area (Å²) < 4.78 is 5.69. The van der Waals surface area contributed by atoms with Gasteiger partial charge in [0.2, 0.25) is 0 Å². The second-order valence-corrected chi connectivity index (χ2v) is 4.51. The summed E-state index contributed by atoms with van der Waals surface area (Å²) in [5.74, 6) is 0.0908. The van der Waals surface area contributed by atoms with Gasteiger partial charge in [-0.05, 0) is 49.2 Å². The molecular weight excluding hydrogens is 272 g/mol. The first kappa shape index (κ1) is 14.9. The molecule has 2 aromatic carbocycles. The Labute approximate surface area is 122 Å². The molecule has 0 saturated carbocycles. The molecule has 0 amide bonds. The highest BCUT2D eigenvalue weighted by molar-refractivity contribution is 5.87. The van der Waals surface area contributed by atoms with Gasteiger partial charge >= 0.3 is 5.97 Å². The van der Waals surface area contributed by atoms with E-state index in [9.17, 15) is 9.90 Å². The van der Waals surface area contributed by atoms with Gasteiger partial charge in [-0.3, -0.25) is 0 Å². The highest BCUT2D eigenvalue weighted by Gasteiger charge is 2.10. The minimum absolute atomic E-state index is 0.0289. The van der Waals surface area contributed by atoms with Crippen LogP contribution < -0.4 is 4.74 Å². The van der Waals surface area contributed by atoms with Crippen molar-refractivity contribution in [2.45, 2.75) is 12.8 Å². The first-order valence-corrected chi connectivity index (χ1v) is 6.54. The smallest absolute Gasteiger partial charge is 0.335 e. The maximum atomic E-state index is 10.8. The van der Waals surface area contributed by atoms with Crippen LogP contribution in [0.1, 0.15) is 22.3 Å². The van der Waals surface area contributed by atoms with Crippen LogP contribution in [0.3, 0.4) is 0 Å². The van der Waals surface area contributed by atoms with Crippen LogP contribution in [-0.2, 0) is 6.42 Å². The summed E-state index contributed by atoms with van der Waals surface area (Å²) in [7, 11) is 0. The highest BCUT2D eigenvalue weighted by atomic mass is 16.5. The van der Waals surface area contributed by atoms with E-state index in [1.54, 1.807) is 30.3 Å². The first-order chi connectivity index (χ1) is 10.1. The van der Waals surface area contributed by atoms with E-state index < -0.39 is 5.97 Å². The number of phenolic OH excluding ortho intramolecular Hbond substituents is 1. The fourth-order valence-electron chi connectivity index (χ4n) is 1.95. The molecule has 2 aromatic rings. The molecule has 0 aliphatic heterocycles. The van der Waals surface area contributed by atoms with E-state index in [1.165, 1.54) is 12.1 Å². The summed E-state index contributed by atoms with van der Waals surface area (Å²) in [5.41, 5.74) is 0.799. The predicted octanol–water partition coefficient (Wildman–Crippen LogP) is 2.81. The Kier molecular flexibility index (Phi) is 4.79. The van der Waals surface area contributed by atoms with E-state index in [2.05, 4.69) is 0 Å². The summed E-state index contributed by atoms with van der Waals surface area (Å²) in [6, 6.07) is 11.0. The normalized spacial score (nSPS) is 10.3. The van der Waals surface area contributed by atoms with Gasteiger partial charge in [-0.2, -0.15) is 0 Å². The molecule has 5 heteroatoms. The monoisotopic (exact) mass is 288 g/mol. The minimum atomic E-state index is -0.998. The van der Waals surface area contributed by atoms with Gasteiger partial charge in [-0.25, -0.2) is 4.79 Å². The van der Waals surface area contributed by atoms with Gasteiger partial charge in [-0.15, -0.1) is 0 Å². The van der Waals surface area contributed by atoms with Crippen LogP contribution in [0.4, 0.5) is 0 Å². The third-order valence-corrected chi connectivity index (χ3v) is 3.02. The second kappa shape index (κ2) is 6.76. The molecule has 0 aromatic heterocycles. The maximum Gasteiger partial charge on any atom is 0.335 e. The third kappa shape index (κ3) is 3.73. The van der Waals surface area contributed by atoms with Crippen LogP contribution in [0.15, 0.2) is 42.5 Å². The Balaban J connectivity index is 2.22. The topological polar surface area (TPSA) is 87.0 Å². The lowest BCUT2D eigenvalue weighted by molar-refractivity contribution is 0.0697. The Morgan fingerprint density at radius 2 is 1.81 bits per heavy atom. The molecule has 0 heterocycles. The van der Waals surface area contributed by atoms with Crippen molar-refractivity contribution in [3.8, 4) is 17.2 Å². The quantitative estimate of drug-likeness (QED) is 0.761. The molecule has 0 fully saturated rings. The van der Waals surface area contributed by atoms with Gasteiger partial charge in [0, 0.05) is 12.2 Å². The van der Waals surface area contributed by atoms with E-state index in [0.29, 0.717) is 29.9 Å². The van der Waals surface area contributed by atoms with Gasteiger partial charge in [-0.1, -0.05) is 6.07 Å². The Bertz CT molecular complexity index is 619. The molecular formula is C16H16O5. The molecule has 0 bridgehead atoms. The SMILES string of the molecule is O=C(O)c1ccc(Oc2cccc(O)c2CCCO)cc1. The second-order valence-electron chi connectivity index (χ2n) is 4.51. The predicted molar refractivity (Wildman–Crippen MR) is 77.0 cm³/mol. The van der Waals surface area contributed by atoms with E-state index in [1.807, 2.05) is 0 Å². The molecule has 21 heavy (non-hydrogen) atoms. The summed E-state index contributed by atoms with van der Waals surface area (Å²) >= 11 is 0. The number of aromatic carboxylic acids is 1. The van der Waals surface area contributed by atoms with Crippen molar-refractivity contribution in [2.75, 3.05) is 6.61 Å². The fourth-order valence-corrected chi connectivity index (χ4v) is 1.95. The van der Waals surface area contributed by atoms with Gasteiger partial charge in [0.05, 0.1) is 5.56 Å². The van der Waals surface area contributed by atoms with Crippen molar-refractivity contribution in [2.24, 2.45) is 0 Å². The van der Waals surface area contributed by atoms with Crippen molar-refractivity contribution >= 4 is 5.97 Å². The van der Waals surface area contributed by atoms with Gasteiger partial charge in [0.15, 0.2) is 0 Å². The molecule has 2 rings (SSSR count). The van der Waals surface area contributed by atoms with Gasteiger partial charge < -0.3 is 20.1 Å². The van der Waals surface area contributed by atoms with E-state index in [0.717, 1.165) is 0 Å². The minimum Gasteiger partial charge on any atom is -0.508 e.